The maximum atomic E-state index is 13.5. The molecule has 2 atom stereocenters. The van der Waals surface area contributed by atoms with Crippen LogP contribution in [0.2, 0.25) is 0 Å². The maximum Gasteiger partial charge on any atom is 0.229 e. The number of pyridine rings is 1. The highest BCUT2D eigenvalue weighted by molar-refractivity contribution is 5.95. The molecule has 1 aliphatic carbocycles. The molecule has 1 aliphatic rings. The van der Waals surface area contributed by atoms with E-state index in [0.29, 0.717) is 35.1 Å². The molecular weight excluding hydrogens is 397 g/mol. The normalized spacial score (nSPS) is 19.4. The van der Waals surface area contributed by atoms with Gasteiger partial charge in [-0.05, 0) is 50.1 Å². The fraction of sp³-hybridized carbons (Fsp3) is 0.261. The summed E-state index contributed by atoms with van der Waals surface area (Å²) in [6.45, 7) is 3.86. The second-order valence-electron chi connectivity index (χ2n) is 7.61. The number of nitriles is 1. The van der Waals surface area contributed by atoms with E-state index in [1.165, 1.54) is 18.3 Å². The van der Waals surface area contributed by atoms with Crippen LogP contribution >= 0.6 is 0 Å². The van der Waals surface area contributed by atoms with Crippen LogP contribution in [0.15, 0.2) is 48.8 Å². The lowest BCUT2D eigenvalue weighted by molar-refractivity contribution is -0.117. The largest absolute Gasteiger partial charge is 0.489 e. The number of aryl methyl sites for hydroxylation is 2. The monoisotopic (exact) mass is 417 g/mol. The number of nitrogens with zero attached hydrogens (tertiary/aromatic N) is 4. The third kappa shape index (κ3) is 4.21. The van der Waals surface area contributed by atoms with Crippen LogP contribution in [0.25, 0.3) is 0 Å². The molecule has 8 heteroatoms. The molecule has 1 amide bonds. The second-order valence-corrected chi connectivity index (χ2v) is 7.61. The maximum absolute atomic E-state index is 13.5. The second kappa shape index (κ2) is 8.11. The third-order valence-electron chi connectivity index (χ3n) is 5.49. The summed E-state index contributed by atoms with van der Waals surface area (Å²) in [5, 5.41) is 11.7. The Bertz CT molecular complexity index is 1160. The number of halogens is 1. The minimum Gasteiger partial charge on any atom is -0.489 e. The first kappa shape index (κ1) is 20.4. The van der Waals surface area contributed by atoms with Crippen LogP contribution in [-0.2, 0) is 10.2 Å². The molecule has 2 heterocycles. The molecule has 156 valence electrons. The number of hydrogen-bond donors (Lipinski definition) is 1. The SMILES string of the molecule is Cc1ncc(OCC2(c3ccc(F)cc3)CC2C(=O)Nc2ccc(C#N)cn2)c(C)n1. The number of aromatic nitrogens is 3. The Morgan fingerprint density at radius 3 is 2.65 bits per heavy atom. The molecule has 2 aromatic heterocycles. The van der Waals surface area contributed by atoms with Crippen molar-refractivity contribution in [1.29, 1.82) is 5.26 Å². The molecule has 0 spiro atoms. The predicted octanol–water partition coefficient (Wildman–Crippen LogP) is 3.47. The first-order valence-corrected chi connectivity index (χ1v) is 9.77. The summed E-state index contributed by atoms with van der Waals surface area (Å²) in [5.41, 5.74) is 1.36. The highest BCUT2D eigenvalue weighted by Gasteiger charge is 2.60. The average molecular weight is 417 g/mol. The molecule has 7 nitrogen and oxygen atoms in total. The Hall–Kier alpha value is -3.86. The van der Waals surface area contributed by atoms with Crippen molar-refractivity contribution in [2.24, 2.45) is 5.92 Å². The van der Waals surface area contributed by atoms with E-state index in [1.54, 1.807) is 37.4 Å². The summed E-state index contributed by atoms with van der Waals surface area (Å²) in [7, 11) is 0. The summed E-state index contributed by atoms with van der Waals surface area (Å²) >= 11 is 0. The highest BCUT2D eigenvalue weighted by atomic mass is 19.1. The van der Waals surface area contributed by atoms with Gasteiger partial charge in [0.2, 0.25) is 5.91 Å². The van der Waals surface area contributed by atoms with Crippen molar-refractivity contribution in [2.75, 3.05) is 11.9 Å². The van der Waals surface area contributed by atoms with E-state index in [9.17, 15) is 9.18 Å². The van der Waals surface area contributed by atoms with E-state index >= 15 is 0 Å². The first-order chi connectivity index (χ1) is 14.9. The molecule has 1 fully saturated rings. The summed E-state index contributed by atoms with van der Waals surface area (Å²) < 4.78 is 19.5. The van der Waals surface area contributed by atoms with Gasteiger partial charge in [0.1, 0.15) is 23.5 Å². The van der Waals surface area contributed by atoms with Crippen molar-refractivity contribution in [2.45, 2.75) is 25.7 Å². The fourth-order valence-corrected chi connectivity index (χ4v) is 3.66. The van der Waals surface area contributed by atoms with E-state index < -0.39 is 5.41 Å². The number of carbonyl (C=O) groups is 1. The van der Waals surface area contributed by atoms with Crippen molar-refractivity contribution >= 4 is 11.7 Å². The van der Waals surface area contributed by atoms with Gasteiger partial charge >= 0.3 is 0 Å². The van der Waals surface area contributed by atoms with Crippen LogP contribution in [-0.4, -0.2) is 27.5 Å². The number of hydrogen-bond acceptors (Lipinski definition) is 6. The van der Waals surface area contributed by atoms with Crippen LogP contribution in [0.5, 0.6) is 5.75 Å². The number of ether oxygens (including phenoxy) is 1. The minimum absolute atomic E-state index is 0.206. The van der Waals surface area contributed by atoms with E-state index in [1.807, 2.05) is 13.0 Å². The van der Waals surface area contributed by atoms with Crippen molar-refractivity contribution in [3.8, 4) is 11.8 Å². The Kier molecular flexibility index (Phi) is 5.34. The standard InChI is InChI=1S/C23H20FN5O2/c1-14-20(12-26-15(2)28-14)31-13-23(17-4-6-18(24)7-5-17)9-19(23)22(30)29-21-8-3-16(10-25)11-27-21/h3-8,11-12,19H,9,13H2,1-2H3,(H,27,29,30). The third-order valence-corrected chi connectivity index (χ3v) is 5.49. The van der Waals surface area contributed by atoms with Crippen molar-refractivity contribution in [3.05, 3.63) is 77.3 Å². The molecule has 31 heavy (non-hydrogen) atoms. The quantitative estimate of drug-likeness (QED) is 0.659. The Morgan fingerprint density at radius 2 is 2.00 bits per heavy atom. The van der Waals surface area contributed by atoms with E-state index in [0.717, 1.165) is 5.56 Å². The van der Waals surface area contributed by atoms with Gasteiger partial charge in [-0.1, -0.05) is 12.1 Å². The van der Waals surface area contributed by atoms with Gasteiger partial charge in [0.05, 0.1) is 30.0 Å². The summed E-state index contributed by atoms with van der Waals surface area (Å²) in [4.78, 5) is 25.5. The lowest BCUT2D eigenvalue weighted by atomic mass is 9.93. The van der Waals surface area contributed by atoms with Gasteiger partial charge in [-0.15, -0.1) is 0 Å². The summed E-state index contributed by atoms with van der Waals surface area (Å²) in [6, 6.07) is 11.3. The molecular formula is C23H20FN5O2. The first-order valence-electron chi connectivity index (χ1n) is 9.77. The Balaban J connectivity index is 1.54. The zero-order valence-corrected chi connectivity index (χ0v) is 17.1. The smallest absolute Gasteiger partial charge is 0.229 e. The number of rotatable bonds is 6. The molecule has 2 unspecified atom stereocenters. The van der Waals surface area contributed by atoms with Crippen LogP contribution in [0.1, 0.15) is 29.1 Å². The van der Waals surface area contributed by atoms with Crippen LogP contribution in [0.4, 0.5) is 10.2 Å². The lowest BCUT2D eigenvalue weighted by Crippen LogP contribution is -2.27. The van der Waals surface area contributed by atoms with Gasteiger partial charge < -0.3 is 10.1 Å². The molecule has 1 saturated carbocycles. The molecule has 4 rings (SSSR count). The van der Waals surface area contributed by atoms with Gasteiger partial charge in [-0.25, -0.2) is 19.3 Å². The Morgan fingerprint density at radius 1 is 1.23 bits per heavy atom. The average Bonchev–Trinajstić information content (AvgIpc) is 3.50. The summed E-state index contributed by atoms with van der Waals surface area (Å²) in [6.07, 6.45) is 3.57. The number of anilines is 1. The topological polar surface area (TPSA) is 101 Å². The van der Waals surface area contributed by atoms with Gasteiger partial charge in [-0.2, -0.15) is 5.26 Å². The number of nitrogens with one attached hydrogen (secondary N) is 1. The van der Waals surface area contributed by atoms with Crippen LogP contribution in [0.3, 0.4) is 0 Å². The molecule has 0 aliphatic heterocycles. The fourth-order valence-electron chi connectivity index (χ4n) is 3.66. The molecule has 0 radical (unpaired) electrons. The van der Waals surface area contributed by atoms with Crippen molar-refractivity contribution in [1.82, 2.24) is 15.0 Å². The van der Waals surface area contributed by atoms with Crippen LogP contribution in [0, 0.1) is 36.9 Å². The predicted molar refractivity (Wildman–Crippen MR) is 111 cm³/mol. The Labute approximate surface area is 179 Å². The number of carbonyl (C=O) groups excluding carboxylic acids is 1. The molecule has 3 aromatic rings. The van der Waals surface area contributed by atoms with E-state index in [-0.39, 0.29) is 24.2 Å². The summed E-state index contributed by atoms with van der Waals surface area (Å²) in [5.74, 6) is 0.645. The van der Waals surface area contributed by atoms with E-state index in [4.69, 9.17) is 10.00 Å². The number of benzene rings is 1. The molecule has 1 N–H and O–H groups in total. The lowest BCUT2D eigenvalue weighted by Gasteiger charge is -2.19. The zero-order chi connectivity index (χ0) is 22.0. The van der Waals surface area contributed by atoms with Crippen molar-refractivity contribution in [3.63, 3.8) is 0 Å². The molecule has 0 saturated heterocycles. The zero-order valence-electron chi connectivity index (χ0n) is 17.1. The van der Waals surface area contributed by atoms with Gasteiger partial charge in [0.25, 0.3) is 0 Å². The minimum atomic E-state index is -0.596. The van der Waals surface area contributed by atoms with Crippen LogP contribution < -0.4 is 10.1 Å². The van der Waals surface area contributed by atoms with Gasteiger partial charge in [0.15, 0.2) is 5.75 Å². The molecule has 1 aromatic carbocycles. The highest BCUT2D eigenvalue weighted by Crippen LogP contribution is 2.55. The van der Waals surface area contributed by atoms with E-state index in [2.05, 4.69) is 20.3 Å². The van der Waals surface area contributed by atoms with Crippen molar-refractivity contribution < 1.29 is 13.9 Å². The van der Waals surface area contributed by atoms with Gasteiger partial charge in [0, 0.05) is 11.6 Å². The molecule has 0 bridgehead atoms. The number of amides is 1. The van der Waals surface area contributed by atoms with Gasteiger partial charge in [-0.3, -0.25) is 4.79 Å².